The van der Waals surface area contributed by atoms with Crippen LogP contribution in [0, 0.1) is 0 Å². The standard InChI is InChI=1S/C20H21N5O2S/c1-24(2)20(27)17-16(15-4-3-7-23-18(15)28-17)13-5-8-25(9-6-13)19(26)14-10-21-12-22-11-14/h3-4,7,10-13H,5-6,8-9H2,1-2H3. The number of hydrogen-bond acceptors (Lipinski definition) is 6. The molecule has 0 radical (unpaired) electrons. The summed E-state index contributed by atoms with van der Waals surface area (Å²) in [5.74, 6) is 0.200. The van der Waals surface area contributed by atoms with Gasteiger partial charge in [0.05, 0.1) is 10.4 Å². The van der Waals surface area contributed by atoms with E-state index in [0.717, 1.165) is 33.5 Å². The lowest BCUT2D eigenvalue weighted by atomic mass is 9.87. The van der Waals surface area contributed by atoms with Gasteiger partial charge >= 0.3 is 0 Å². The van der Waals surface area contributed by atoms with Crippen molar-refractivity contribution in [2.75, 3.05) is 27.2 Å². The maximum Gasteiger partial charge on any atom is 0.263 e. The number of carbonyl (C=O) groups is 2. The Kier molecular flexibility index (Phi) is 5.04. The number of amides is 2. The molecule has 0 atom stereocenters. The maximum atomic E-state index is 12.8. The molecule has 0 aromatic carbocycles. The number of hydrogen-bond donors (Lipinski definition) is 0. The monoisotopic (exact) mass is 395 g/mol. The maximum absolute atomic E-state index is 12.8. The van der Waals surface area contributed by atoms with Gasteiger partial charge in [-0.05, 0) is 30.4 Å². The second-order valence-electron chi connectivity index (χ2n) is 7.09. The van der Waals surface area contributed by atoms with Gasteiger partial charge in [0.2, 0.25) is 0 Å². The van der Waals surface area contributed by atoms with Crippen LogP contribution in [0.2, 0.25) is 0 Å². The van der Waals surface area contributed by atoms with Gasteiger partial charge in [-0.15, -0.1) is 11.3 Å². The van der Waals surface area contributed by atoms with Gasteiger partial charge in [-0.2, -0.15) is 0 Å². The van der Waals surface area contributed by atoms with Crippen LogP contribution < -0.4 is 0 Å². The second kappa shape index (κ2) is 7.63. The third-order valence-electron chi connectivity index (χ3n) is 5.10. The summed E-state index contributed by atoms with van der Waals surface area (Å²) in [7, 11) is 3.54. The molecule has 0 saturated carbocycles. The van der Waals surface area contributed by atoms with Crippen LogP contribution in [0.1, 0.15) is 44.4 Å². The highest BCUT2D eigenvalue weighted by Crippen LogP contribution is 2.40. The molecule has 0 unspecified atom stereocenters. The van der Waals surface area contributed by atoms with Crippen molar-refractivity contribution >= 4 is 33.4 Å². The quantitative estimate of drug-likeness (QED) is 0.681. The third-order valence-corrected chi connectivity index (χ3v) is 6.22. The molecule has 4 rings (SSSR count). The average molecular weight is 395 g/mol. The smallest absolute Gasteiger partial charge is 0.263 e. The van der Waals surface area contributed by atoms with E-state index in [1.54, 1.807) is 37.6 Å². The molecule has 1 aliphatic heterocycles. The summed E-state index contributed by atoms with van der Waals surface area (Å²) in [5.41, 5.74) is 1.59. The van der Waals surface area contributed by atoms with Crippen molar-refractivity contribution in [3.8, 4) is 0 Å². The molecule has 1 fully saturated rings. The Bertz CT molecular complexity index is 1010. The van der Waals surface area contributed by atoms with Crippen LogP contribution in [-0.4, -0.2) is 63.8 Å². The Morgan fingerprint density at radius 1 is 1.18 bits per heavy atom. The Balaban J connectivity index is 1.59. The van der Waals surface area contributed by atoms with Gasteiger partial charge in [0.15, 0.2) is 0 Å². The van der Waals surface area contributed by atoms with Crippen molar-refractivity contribution < 1.29 is 9.59 Å². The number of thiophene rings is 1. The Morgan fingerprint density at radius 3 is 2.57 bits per heavy atom. The molecule has 144 valence electrons. The van der Waals surface area contributed by atoms with Gasteiger partial charge in [-0.25, -0.2) is 15.0 Å². The molecule has 0 spiro atoms. The van der Waals surface area contributed by atoms with E-state index in [1.807, 2.05) is 17.0 Å². The van der Waals surface area contributed by atoms with E-state index in [-0.39, 0.29) is 17.7 Å². The second-order valence-corrected chi connectivity index (χ2v) is 8.09. The van der Waals surface area contributed by atoms with Crippen LogP contribution in [0.15, 0.2) is 37.1 Å². The van der Waals surface area contributed by atoms with Gasteiger partial charge < -0.3 is 9.80 Å². The fourth-order valence-corrected chi connectivity index (χ4v) is 4.93. The summed E-state index contributed by atoms with van der Waals surface area (Å²) in [6.07, 6.45) is 7.90. The zero-order valence-corrected chi connectivity index (χ0v) is 16.6. The predicted molar refractivity (Wildman–Crippen MR) is 108 cm³/mol. The first kappa shape index (κ1) is 18.5. The largest absolute Gasteiger partial charge is 0.344 e. The lowest BCUT2D eigenvalue weighted by Crippen LogP contribution is -2.38. The molecule has 0 N–H and O–H groups in total. The molecule has 1 aliphatic rings. The highest BCUT2D eigenvalue weighted by Gasteiger charge is 2.30. The Hall–Kier alpha value is -2.87. The fraction of sp³-hybridized carbons (Fsp3) is 0.350. The van der Waals surface area contributed by atoms with Gasteiger partial charge in [-0.1, -0.05) is 6.07 Å². The minimum atomic E-state index is -0.0412. The molecule has 28 heavy (non-hydrogen) atoms. The third kappa shape index (κ3) is 3.35. The van der Waals surface area contributed by atoms with Crippen LogP contribution in [0.3, 0.4) is 0 Å². The molecule has 8 heteroatoms. The summed E-state index contributed by atoms with van der Waals surface area (Å²) < 4.78 is 0. The van der Waals surface area contributed by atoms with E-state index in [2.05, 4.69) is 15.0 Å². The lowest BCUT2D eigenvalue weighted by Gasteiger charge is -2.32. The zero-order valence-electron chi connectivity index (χ0n) is 15.8. The van der Waals surface area contributed by atoms with E-state index >= 15 is 0 Å². The first-order valence-corrected chi connectivity index (χ1v) is 10.0. The fourth-order valence-electron chi connectivity index (χ4n) is 3.68. The Labute approximate surface area is 167 Å². The van der Waals surface area contributed by atoms with Crippen molar-refractivity contribution in [1.82, 2.24) is 24.8 Å². The molecule has 0 aliphatic carbocycles. The number of carbonyl (C=O) groups excluding carboxylic acids is 2. The van der Waals surface area contributed by atoms with Gasteiger partial charge in [-0.3, -0.25) is 9.59 Å². The van der Waals surface area contributed by atoms with Crippen molar-refractivity contribution in [2.24, 2.45) is 0 Å². The summed E-state index contributed by atoms with van der Waals surface area (Å²) in [6, 6.07) is 3.95. The SMILES string of the molecule is CN(C)C(=O)c1sc2ncccc2c1C1CCN(C(=O)c2cncnc2)CC1. The van der Waals surface area contributed by atoms with Crippen molar-refractivity contribution in [3.05, 3.63) is 53.1 Å². The minimum absolute atomic E-state index is 0.0120. The molecule has 1 saturated heterocycles. The topological polar surface area (TPSA) is 79.3 Å². The predicted octanol–water partition coefficient (Wildman–Crippen LogP) is 2.81. The number of likely N-dealkylation sites (tertiary alicyclic amines) is 1. The van der Waals surface area contributed by atoms with Crippen LogP contribution in [0.4, 0.5) is 0 Å². The van der Waals surface area contributed by atoms with E-state index in [0.29, 0.717) is 18.7 Å². The Morgan fingerprint density at radius 2 is 1.89 bits per heavy atom. The highest BCUT2D eigenvalue weighted by molar-refractivity contribution is 7.20. The van der Waals surface area contributed by atoms with Crippen molar-refractivity contribution in [2.45, 2.75) is 18.8 Å². The molecule has 3 aromatic rings. The molecule has 7 nitrogen and oxygen atoms in total. The number of fused-ring (bicyclic) bond motifs is 1. The van der Waals surface area contributed by atoms with Crippen LogP contribution in [0.25, 0.3) is 10.2 Å². The average Bonchev–Trinajstić information content (AvgIpc) is 3.12. The van der Waals surface area contributed by atoms with Crippen molar-refractivity contribution in [1.29, 1.82) is 0 Å². The van der Waals surface area contributed by atoms with Gasteiger partial charge in [0, 0.05) is 51.2 Å². The molecular weight excluding hydrogens is 374 g/mol. The summed E-state index contributed by atoms with van der Waals surface area (Å²) in [4.78, 5) is 42.8. The summed E-state index contributed by atoms with van der Waals surface area (Å²) >= 11 is 1.46. The lowest BCUT2D eigenvalue weighted by molar-refractivity contribution is 0.0709. The number of nitrogens with zero attached hydrogens (tertiary/aromatic N) is 5. The normalized spacial score (nSPS) is 15.0. The van der Waals surface area contributed by atoms with Gasteiger partial charge in [0.1, 0.15) is 11.2 Å². The van der Waals surface area contributed by atoms with E-state index < -0.39 is 0 Å². The molecule has 4 heterocycles. The van der Waals surface area contributed by atoms with E-state index in [4.69, 9.17) is 0 Å². The molecular formula is C20H21N5O2S. The van der Waals surface area contributed by atoms with Gasteiger partial charge in [0.25, 0.3) is 11.8 Å². The highest BCUT2D eigenvalue weighted by atomic mass is 32.1. The number of aromatic nitrogens is 3. The van der Waals surface area contributed by atoms with E-state index in [1.165, 1.54) is 17.7 Å². The molecule has 3 aromatic heterocycles. The van der Waals surface area contributed by atoms with Crippen LogP contribution >= 0.6 is 11.3 Å². The first-order valence-electron chi connectivity index (χ1n) is 9.19. The summed E-state index contributed by atoms with van der Waals surface area (Å²) in [5, 5.41) is 1.05. The van der Waals surface area contributed by atoms with Crippen molar-refractivity contribution in [3.63, 3.8) is 0 Å². The number of piperidine rings is 1. The van der Waals surface area contributed by atoms with E-state index in [9.17, 15) is 9.59 Å². The number of pyridine rings is 1. The summed E-state index contributed by atoms with van der Waals surface area (Å²) in [6.45, 7) is 1.29. The van der Waals surface area contributed by atoms with Crippen LogP contribution in [-0.2, 0) is 0 Å². The minimum Gasteiger partial charge on any atom is -0.344 e. The molecule has 0 bridgehead atoms. The number of rotatable bonds is 3. The van der Waals surface area contributed by atoms with Crippen LogP contribution in [0.5, 0.6) is 0 Å². The zero-order chi connectivity index (χ0) is 19.7. The molecule has 2 amide bonds. The first-order chi connectivity index (χ1) is 13.6.